The highest BCUT2D eigenvalue weighted by Gasteiger charge is 2.23. The lowest BCUT2D eigenvalue weighted by Crippen LogP contribution is -2.07. The molecular weight excluding hydrogens is 265 g/mol. The molecule has 0 bridgehead atoms. The first-order valence-corrected chi connectivity index (χ1v) is 5.71. The third-order valence-electron chi connectivity index (χ3n) is 2.16. The van der Waals surface area contributed by atoms with Gasteiger partial charge in [0, 0.05) is 28.2 Å². The Morgan fingerprint density at radius 3 is 2.50 bits per heavy atom. The summed E-state index contributed by atoms with van der Waals surface area (Å²) < 4.78 is 13.7. The van der Waals surface area contributed by atoms with Crippen LogP contribution in [0.5, 0.6) is 0 Å². The third-order valence-corrected chi connectivity index (χ3v) is 2.16. The van der Waals surface area contributed by atoms with E-state index in [2.05, 4.69) is 9.98 Å². The lowest BCUT2D eigenvalue weighted by Gasteiger charge is -2.06. The van der Waals surface area contributed by atoms with Crippen LogP contribution >= 0.6 is 0 Å². The molecule has 1 heterocycles. The molecule has 0 aromatic carbocycles. The van der Waals surface area contributed by atoms with Gasteiger partial charge in [0.2, 0.25) is 5.82 Å². The van der Waals surface area contributed by atoms with Crippen molar-refractivity contribution in [3.05, 3.63) is 33.9 Å². The quantitative estimate of drug-likeness (QED) is 0.356. The largest absolute Gasteiger partial charge is 0.383 e. The van der Waals surface area contributed by atoms with Crippen LogP contribution in [0.2, 0.25) is 0 Å². The van der Waals surface area contributed by atoms with Crippen molar-refractivity contribution in [1.82, 2.24) is 14.8 Å². The monoisotopic (exact) mass is 281 g/mol. The minimum Gasteiger partial charge on any atom is -0.383 e. The smallest absolute Gasteiger partial charge is 0.323 e. The van der Waals surface area contributed by atoms with E-state index >= 15 is 0 Å². The van der Waals surface area contributed by atoms with Gasteiger partial charge in [-0.2, -0.15) is 0 Å². The Hall–Kier alpha value is -2.51. The van der Waals surface area contributed by atoms with Crippen molar-refractivity contribution < 1.29 is 9.31 Å². The van der Waals surface area contributed by atoms with Crippen molar-refractivity contribution in [2.45, 2.75) is 0 Å². The van der Waals surface area contributed by atoms with Gasteiger partial charge in [-0.25, -0.2) is 14.4 Å². The predicted octanol–water partition coefficient (Wildman–Crippen LogP) is 1.88. The van der Waals surface area contributed by atoms with E-state index in [4.69, 9.17) is 0 Å². The standard InChI is InChI=1S/C12H16FN5O2/c1-16(2)6-5-9-10(13)7-14-12(11(9)18(19)20)15-8-17(3)4/h5-8H,1-4H3. The van der Waals surface area contributed by atoms with Crippen molar-refractivity contribution in [2.24, 2.45) is 4.99 Å². The van der Waals surface area contributed by atoms with E-state index < -0.39 is 16.4 Å². The third kappa shape index (κ3) is 4.01. The number of pyridine rings is 1. The molecule has 108 valence electrons. The molecule has 0 amide bonds. The van der Waals surface area contributed by atoms with Gasteiger partial charge in [0.1, 0.15) is 0 Å². The number of nitrogens with zero attached hydrogens (tertiary/aromatic N) is 5. The van der Waals surface area contributed by atoms with Crippen LogP contribution in [0, 0.1) is 15.9 Å². The molecule has 0 atom stereocenters. The fraction of sp³-hybridized carbons (Fsp3) is 0.333. The average Bonchev–Trinajstić information content (AvgIpc) is 2.34. The van der Waals surface area contributed by atoms with Crippen molar-refractivity contribution in [3.63, 3.8) is 0 Å². The van der Waals surface area contributed by atoms with Crippen LogP contribution in [0.1, 0.15) is 5.56 Å². The molecular formula is C12H16FN5O2. The molecule has 0 unspecified atom stereocenters. The normalized spacial score (nSPS) is 11.2. The maximum absolute atomic E-state index is 13.7. The Kier molecular flexibility index (Phi) is 5.13. The summed E-state index contributed by atoms with van der Waals surface area (Å²) in [5, 5.41) is 11.1. The Labute approximate surface area is 116 Å². The molecule has 7 nitrogen and oxygen atoms in total. The Morgan fingerprint density at radius 2 is 2.00 bits per heavy atom. The fourth-order valence-corrected chi connectivity index (χ4v) is 1.31. The maximum Gasteiger partial charge on any atom is 0.323 e. The summed E-state index contributed by atoms with van der Waals surface area (Å²) >= 11 is 0. The van der Waals surface area contributed by atoms with Crippen LogP contribution in [0.3, 0.4) is 0 Å². The molecule has 0 aliphatic carbocycles. The van der Waals surface area contributed by atoms with Crippen LogP contribution in [-0.2, 0) is 0 Å². The van der Waals surface area contributed by atoms with Gasteiger partial charge < -0.3 is 9.80 Å². The number of rotatable bonds is 5. The summed E-state index contributed by atoms with van der Waals surface area (Å²) in [6.07, 6.45) is 5.13. The molecule has 0 saturated heterocycles. The minimum absolute atomic E-state index is 0.136. The number of hydrogen-bond donors (Lipinski definition) is 0. The first kappa shape index (κ1) is 15.5. The zero-order chi connectivity index (χ0) is 15.3. The topological polar surface area (TPSA) is 74.9 Å². The number of halogens is 1. The lowest BCUT2D eigenvalue weighted by molar-refractivity contribution is -0.384. The number of aromatic nitrogens is 1. The highest BCUT2D eigenvalue weighted by Crippen LogP contribution is 2.31. The van der Waals surface area contributed by atoms with E-state index in [0.717, 1.165) is 6.20 Å². The fourth-order valence-electron chi connectivity index (χ4n) is 1.31. The van der Waals surface area contributed by atoms with E-state index in [9.17, 15) is 14.5 Å². The van der Waals surface area contributed by atoms with Gasteiger partial charge in [-0.3, -0.25) is 10.1 Å². The van der Waals surface area contributed by atoms with Crippen molar-refractivity contribution in [1.29, 1.82) is 0 Å². The summed E-state index contributed by atoms with van der Waals surface area (Å²) in [5.74, 6) is -0.901. The SMILES string of the molecule is CN(C)C=Cc1c(F)cnc(N=CN(C)C)c1[N+](=O)[O-]. The molecule has 0 fully saturated rings. The summed E-state index contributed by atoms with van der Waals surface area (Å²) in [4.78, 5) is 21.3. The molecule has 1 aromatic heterocycles. The highest BCUT2D eigenvalue weighted by atomic mass is 19.1. The van der Waals surface area contributed by atoms with Gasteiger partial charge >= 0.3 is 5.69 Å². The summed E-state index contributed by atoms with van der Waals surface area (Å²) in [6, 6.07) is 0. The van der Waals surface area contributed by atoms with Gasteiger partial charge in [-0.15, -0.1) is 0 Å². The van der Waals surface area contributed by atoms with E-state index in [1.165, 1.54) is 18.6 Å². The van der Waals surface area contributed by atoms with Crippen molar-refractivity contribution in [3.8, 4) is 0 Å². The first-order chi connectivity index (χ1) is 9.32. The highest BCUT2D eigenvalue weighted by molar-refractivity contribution is 5.72. The molecule has 20 heavy (non-hydrogen) atoms. The second kappa shape index (κ2) is 6.60. The number of nitro groups is 1. The minimum atomic E-state index is -0.765. The molecule has 0 spiro atoms. The Morgan fingerprint density at radius 1 is 1.35 bits per heavy atom. The molecule has 1 rings (SSSR count). The van der Waals surface area contributed by atoms with Crippen LogP contribution in [-0.4, -0.2) is 54.2 Å². The Balaban J connectivity index is 3.41. The van der Waals surface area contributed by atoms with Crippen LogP contribution in [0.4, 0.5) is 15.9 Å². The first-order valence-electron chi connectivity index (χ1n) is 5.71. The van der Waals surface area contributed by atoms with Crippen molar-refractivity contribution >= 4 is 23.9 Å². The van der Waals surface area contributed by atoms with Gasteiger partial charge in [0.25, 0.3) is 0 Å². The summed E-state index contributed by atoms with van der Waals surface area (Å²) in [6.45, 7) is 0. The molecule has 0 aliphatic rings. The van der Waals surface area contributed by atoms with Gasteiger partial charge in [0.05, 0.1) is 23.0 Å². The van der Waals surface area contributed by atoms with Gasteiger partial charge in [-0.1, -0.05) is 0 Å². The molecule has 0 saturated carbocycles. The van der Waals surface area contributed by atoms with Crippen LogP contribution in [0.25, 0.3) is 6.08 Å². The van der Waals surface area contributed by atoms with Crippen molar-refractivity contribution in [2.75, 3.05) is 28.2 Å². The zero-order valence-electron chi connectivity index (χ0n) is 11.7. The number of aliphatic imine (C=N–C) groups is 1. The molecule has 0 aliphatic heterocycles. The van der Waals surface area contributed by atoms with E-state index in [1.54, 1.807) is 38.0 Å². The maximum atomic E-state index is 13.7. The van der Waals surface area contributed by atoms with Gasteiger partial charge in [0.15, 0.2) is 5.82 Å². The van der Waals surface area contributed by atoms with E-state index in [0.29, 0.717) is 0 Å². The second-order valence-electron chi connectivity index (χ2n) is 4.44. The molecule has 0 N–H and O–H groups in total. The summed E-state index contributed by atoms with van der Waals surface area (Å²) in [7, 11) is 6.89. The Bertz CT molecular complexity index is 555. The zero-order valence-corrected chi connectivity index (χ0v) is 11.7. The molecule has 1 aromatic rings. The summed E-state index contributed by atoms with van der Waals surface area (Å²) in [5.41, 5.74) is -0.606. The van der Waals surface area contributed by atoms with Crippen LogP contribution < -0.4 is 0 Å². The van der Waals surface area contributed by atoms with Gasteiger partial charge in [-0.05, 0) is 12.3 Å². The lowest BCUT2D eigenvalue weighted by atomic mass is 10.2. The van der Waals surface area contributed by atoms with Crippen LogP contribution in [0.15, 0.2) is 17.4 Å². The average molecular weight is 281 g/mol. The number of hydrogen-bond acceptors (Lipinski definition) is 5. The van der Waals surface area contributed by atoms with E-state index in [-0.39, 0.29) is 11.4 Å². The second-order valence-corrected chi connectivity index (χ2v) is 4.44. The predicted molar refractivity (Wildman–Crippen MR) is 75.4 cm³/mol. The molecule has 8 heteroatoms. The van der Waals surface area contributed by atoms with E-state index in [1.807, 2.05) is 0 Å². The molecule has 0 radical (unpaired) electrons.